The minimum absolute atomic E-state index is 0.0170. The van der Waals surface area contributed by atoms with Gasteiger partial charge in [0.15, 0.2) is 5.78 Å². The molecule has 0 spiro atoms. The Morgan fingerprint density at radius 1 is 1.82 bits per heavy atom. The summed E-state index contributed by atoms with van der Waals surface area (Å²) in [5, 5.41) is 8.72. The zero-order chi connectivity index (χ0) is 8.43. The van der Waals surface area contributed by atoms with Gasteiger partial charge in [-0.15, -0.1) is 11.3 Å². The lowest BCUT2D eigenvalue weighted by Crippen LogP contribution is -1.85. The molecular weight excluding hydrogens is 184 g/mol. The van der Waals surface area contributed by atoms with Crippen molar-refractivity contribution in [3.63, 3.8) is 0 Å². The molecule has 0 saturated carbocycles. The zero-order valence-corrected chi connectivity index (χ0v) is 7.50. The van der Waals surface area contributed by atoms with Crippen molar-refractivity contribution in [2.75, 3.05) is 0 Å². The smallest absolute Gasteiger partial charge is 0.169 e. The molecule has 1 rings (SSSR count). The second kappa shape index (κ2) is 3.34. The topological polar surface area (TPSA) is 37.3 Å². The summed E-state index contributed by atoms with van der Waals surface area (Å²) in [6.45, 7) is 1.37. The molecule has 0 aromatic carbocycles. The number of hydrogen-bond donors (Lipinski definition) is 1. The van der Waals surface area contributed by atoms with E-state index < -0.39 is 0 Å². The summed E-state index contributed by atoms with van der Waals surface area (Å²) in [6, 6.07) is 1.62. The molecule has 1 heterocycles. The van der Waals surface area contributed by atoms with Crippen LogP contribution in [0.2, 0.25) is 4.34 Å². The monoisotopic (exact) mass is 190 g/mol. The zero-order valence-electron chi connectivity index (χ0n) is 5.93. The fraction of sp³-hybridized carbons (Fsp3) is 0.286. The maximum atomic E-state index is 10.8. The van der Waals surface area contributed by atoms with E-state index in [1.54, 1.807) is 6.07 Å². The van der Waals surface area contributed by atoms with Crippen LogP contribution in [-0.2, 0) is 6.61 Å². The Kier molecular flexibility index (Phi) is 2.65. The van der Waals surface area contributed by atoms with Crippen LogP contribution in [0.5, 0.6) is 0 Å². The number of carbonyl (C=O) groups excluding carboxylic acids is 1. The van der Waals surface area contributed by atoms with Gasteiger partial charge in [-0.2, -0.15) is 0 Å². The number of carbonyl (C=O) groups is 1. The highest BCUT2D eigenvalue weighted by molar-refractivity contribution is 7.18. The van der Waals surface area contributed by atoms with Gasteiger partial charge in [0.25, 0.3) is 0 Å². The molecule has 4 heteroatoms. The molecule has 11 heavy (non-hydrogen) atoms. The highest BCUT2D eigenvalue weighted by Crippen LogP contribution is 2.27. The molecule has 1 aromatic rings. The molecule has 0 bridgehead atoms. The van der Waals surface area contributed by atoms with Crippen molar-refractivity contribution >= 4 is 28.7 Å². The standard InChI is InChI=1S/C7H7ClO2S/c1-4(10)6-2-5(3-9)7(8)11-6/h2,9H,3H2,1H3. The van der Waals surface area contributed by atoms with Crippen molar-refractivity contribution in [2.24, 2.45) is 0 Å². The van der Waals surface area contributed by atoms with Gasteiger partial charge in [0.2, 0.25) is 0 Å². The number of thiophene rings is 1. The first-order valence-corrected chi connectivity index (χ1v) is 4.24. The van der Waals surface area contributed by atoms with Gasteiger partial charge < -0.3 is 5.11 Å². The van der Waals surface area contributed by atoms with Crippen molar-refractivity contribution < 1.29 is 9.90 Å². The quantitative estimate of drug-likeness (QED) is 0.726. The van der Waals surface area contributed by atoms with E-state index in [-0.39, 0.29) is 12.4 Å². The second-order valence-electron chi connectivity index (χ2n) is 2.12. The molecule has 0 aliphatic heterocycles. The van der Waals surface area contributed by atoms with Gasteiger partial charge in [0, 0.05) is 5.56 Å². The molecule has 1 N–H and O–H groups in total. The first-order valence-electron chi connectivity index (χ1n) is 3.05. The Labute approximate surface area is 73.4 Å². The summed E-state index contributed by atoms with van der Waals surface area (Å²) < 4.78 is 0.498. The number of hydrogen-bond acceptors (Lipinski definition) is 3. The van der Waals surface area contributed by atoms with Gasteiger partial charge in [-0.3, -0.25) is 4.79 Å². The average molecular weight is 191 g/mol. The van der Waals surface area contributed by atoms with E-state index in [2.05, 4.69) is 0 Å². The van der Waals surface area contributed by atoms with E-state index >= 15 is 0 Å². The highest BCUT2D eigenvalue weighted by Gasteiger charge is 2.08. The Balaban J connectivity index is 3.05. The van der Waals surface area contributed by atoms with Crippen molar-refractivity contribution in [1.29, 1.82) is 0 Å². The Morgan fingerprint density at radius 3 is 2.73 bits per heavy atom. The summed E-state index contributed by atoms with van der Waals surface area (Å²) >= 11 is 6.90. The molecule has 0 saturated heterocycles. The third kappa shape index (κ3) is 1.80. The molecule has 0 aliphatic carbocycles. The van der Waals surface area contributed by atoms with Crippen LogP contribution >= 0.6 is 22.9 Å². The summed E-state index contributed by atoms with van der Waals surface area (Å²) in [5.74, 6) is -0.0170. The van der Waals surface area contributed by atoms with Crippen LogP contribution in [0, 0.1) is 0 Å². The van der Waals surface area contributed by atoms with Crippen LogP contribution < -0.4 is 0 Å². The lowest BCUT2D eigenvalue weighted by molar-refractivity contribution is 0.102. The molecule has 60 valence electrons. The first kappa shape index (κ1) is 8.71. The van der Waals surface area contributed by atoms with Crippen LogP contribution in [0.4, 0.5) is 0 Å². The normalized spacial score (nSPS) is 10.1. The molecule has 0 radical (unpaired) electrons. The summed E-state index contributed by atoms with van der Waals surface area (Å²) in [5.41, 5.74) is 0.627. The van der Waals surface area contributed by atoms with E-state index in [0.717, 1.165) is 0 Å². The predicted molar refractivity (Wildman–Crippen MR) is 45.3 cm³/mol. The molecule has 1 aromatic heterocycles. The minimum atomic E-state index is -0.109. The average Bonchev–Trinajstić information content (AvgIpc) is 2.31. The maximum Gasteiger partial charge on any atom is 0.169 e. The van der Waals surface area contributed by atoms with Gasteiger partial charge >= 0.3 is 0 Å². The molecule has 0 amide bonds. The van der Waals surface area contributed by atoms with Gasteiger partial charge in [-0.1, -0.05) is 11.6 Å². The number of aliphatic hydroxyl groups excluding tert-OH is 1. The number of Topliss-reactive ketones (excluding diaryl/α,β-unsaturated/α-hetero) is 1. The Hall–Kier alpha value is -0.380. The van der Waals surface area contributed by atoms with Crippen LogP contribution in [0.15, 0.2) is 6.07 Å². The van der Waals surface area contributed by atoms with Gasteiger partial charge in [-0.25, -0.2) is 0 Å². The molecule has 2 nitrogen and oxygen atoms in total. The van der Waals surface area contributed by atoms with E-state index in [9.17, 15) is 4.79 Å². The van der Waals surface area contributed by atoms with Crippen LogP contribution in [0.3, 0.4) is 0 Å². The third-order valence-electron chi connectivity index (χ3n) is 1.27. The minimum Gasteiger partial charge on any atom is -0.392 e. The van der Waals surface area contributed by atoms with Gasteiger partial charge in [-0.05, 0) is 13.0 Å². The number of ketones is 1. The van der Waals surface area contributed by atoms with E-state index in [0.29, 0.717) is 14.8 Å². The van der Waals surface area contributed by atoms with E-state index in [1.165, 1.54) is 18.3 Å². The Bertz CT molecular complexity index is 280. The van der Waals surface area contributed by atoms with Gasteiger partial charge in [0.05, 0.1) is 15.8 Å². The number of halogens is 1. The first-order chi connectivity index (χ1) is 5.15. The number of rotatable bonds is 2. The SMILES string of the molecule is CC(=O)c1cc(CO)c(Cl)s1. The van der Waals surface area contributed by atoms with Gasteiger partial charge in [0.1, 0.15) is 0 Å². The van der Waals surface area contributed by atoms with E-state index in [1.807, 2.05) is 0 Å². The molecule has 0 atom stereocenters. The lowest BCUT2D eigenvalue weighted by Gasteiger charge is -1.85. The maximum absolute atomic E-state index is 10.8. The summed E-state index contributed by atoms with van der Waals surface area (Å²) in [4.78, 5) is 11.4. The molecule has 0 unspecified atom stereocenters. The van der Waals surface area contributed by atoms with Crippen LogP contribution in [0.25, 0.3) is 0 Å². The molecule has 0 fully saturated rings. The molecule has 0 aliphatic rings. The number of aliphatic hydroxyl groups is 1. The largest absolute Gasteiger partial charge is 0.392 e. The summed E-state index contributed by atoms with van der Waals surface area (Å²) in [7, 11) is 0. The van der Waals surface area contributed by atoms with E-state index in [4.69, 9.17) is 16.7 Å². The fourth-order valence-electron chi connectivity index (χ4n) is 0.688. The third-order valence-corrected chi connectivity index (χ3v) is 2.82. The van der Waals surface area contributed by atoms with Crippen LogP contribution in [-0.4, -0.2) is 10.9 Å². The van der Waals surface area contributed by atoms with Crippen molar-refractivity contribution in [1.82, 2.24) is 0 Å². The van der Waals surface area contributed by atoms with Crippen molar-refractivity contribution in [3.05, 3.63) is 20.8 Å². The summed E-state index contributed by atoms with van der Waals surface area (Å²) in [6.07, 6.45) is 0. The van der Waals surface area contributed by atoms with Crippen molar-refractivity contribution in [2.45, 2.75) is 13.5 Å². The lowest BCUT2D eigenvalue weighted by atomic mass is 10.3. The predicted octanol–water partition coefficient (Wildman–Crippen LogP) is 2.10. The second-order valence-corrected chi connectivity index (χ2v) is 3.78. The molecular formula is C7H7ClO2S. The fourth-order valence-corrected chi connectivity index (χ4v) is 1.84. The van der Waals surface area contributed by atoms with Crippen molar-refractivity contribution in [3.8, 4) is 0 Å². The Morgan fingerprint density at radius 2 is 2.45 bits per heavy atom. The highest BCUT2D eigenvalue weighted by atomic mass is 35.5. The van der Waals surface area contributed by atoms with Crippen LogP contribution in [0.1, 0.15) is 22.2 Å².